The van der Waals surface area contributed by atoms with Gasteiger partial charge in [0.2, 0.25) is 5.91 Å². The second-order valence-corrected chi connectivity index (χ2v) is 7.08. The molecule has 146 valence electrons. The fourth-order valence-corrected chi connectivity index (χ4v) is 3.25. The van der Waals surface area contributed by atoms with Gasteiger partial charge in [0.1, 0.15) is 5.54 Å². The molecular formula is C19H30ClN3O3. The predicted molar refractivity (Wildman–Crippen MR) is 104 cm³/mol. The highest BCUT2D eigenvalue weighted by Crippen LogP contribution is 2.49. The van der Waals surface area contributed by atoms with Crippen LogP contribution in [0.25, 0.3) is 0 Å². The van der Waals surface area contributed by atoms with Crippen molar-refractivity contribution in [3.05, 3.63) is 35.4 Å². The lowest BCUT2D eigenvalue weighted by Gasteiger charge is -2.57. The molecule has 26 heavy (non-hydrogen) atoms. The number of nitrogens with two attached hydrogens (primary N) is 1. The summed E-state index contributed by atoms with van der Waals surface area (Å²) in [6.07, 6.45) is 0.507. The second-order valence-electron chi connectivity index (χ2n) is 7.08. The zero-order valence-electron chi connectivity index (χ0n) is 15.9. The topological polar surface area (TPSA) is 93.5 Å². The minimum atomic E-state index is -0.940. The highest BCUT2D eigenvalue weighted by molar-refractivity contribution is 5.94. The van der Waals surface area contributed by atoms with E-state index in [1.807, 2.05) is 39.8 Å². The van der Waals surface area contributed by atoms with Gasteiger partial charge in [0.25, 0.3) is 5.91 Å². The molecule has 0 saturated heterocycles. The highest BCUT2D eigenvalue weighted by Gasteiger charge is 2.62. The molecule has 0 heterocycles. The van der Waals surface area contributed by atoms with Gasteiger partial charge in [-0.3, -0.25) is 9.59 Å². The van der Waals surface area contributed by atoms with Gasteiger partial charge >= 0.3 is 0 Å². The monoisotopic (exact) mass is 383 g/mol. The first-order chi connectivity index (χ1) is 11.8. The summed E-state index contributed by atoms with van der Waals surface area (Å²) in [6, 6.07) is 7.22. The fourth-order valence-electron chi connectivity index (χ4n) is 3.25. The molecule has 2 atom stereocenters. The van der Waals surface area contributed by atoms with Crippen molar-refractivity contribution in [2.45, 2.75) is 52.3 Å². The normalized spacial score (nSPS) is 23.3. The SMILES string of the molecule is CCNC(=O)c1cccc(CNC(=O)C2(N)CC(OCC)C2(C)C)c1.Cl. The first kappa shape index (κ1) is 22.4. The van der Waals surface area contributed by atoms with Gasteiger partial charge in [-0.2, -0.15) is 0 Å². The van der Waals surface area contributed by atoms with Gasteiger partial charge in [0.15, 0.2) is 0 Å². The van der Waals surface area contributed by atoms with Crippen molar-refractivity contribution < 1.29 is 14.3 Å². The summed E-state index contributed by atoms with van der Waals surface area (Å²) >= 11 is 0. The summed E-state index contributed by atoms with van der Waals surface area (Å²) < 4.78 is 5.66. The molecule has 7 heteroatoms. The van der Waals surface area contributed by atoms with Crippen LogP contribution in [0.2, 0.25) is 0 Å². The minimum Gasteiger partial charge on any atom is -0.378 e. The van der Waals surface area contributed by atoms with Gasteiger partial charge in [-0.15, -0.1) is 12.4 Å². The van der Waals surface area contributed by atoms with Gasteiger partial charge in [0.05, 0.1) is 6.10 Å². The Balaban J connectivity index is 0.00000338. The second kappa shape index (κ2) is 8.84. The number of nitrogens with one attached hydrogen (secondary N) is 2. The number of benzene rings is 1. The molecule has 0 radical (unpaired) electrons. The van der Waals surface area contributed by atoms with E-state index < -0.39 is 11.0 Å². The highest BCUT2D eigenvalue weighted by atomic mass is 35.5. The molecular weight excluding hydrogens is 354 g/mol. The molecule has 2 amide bonds. The zero-order chi connectivity index (χ0) is 18.7. The fraction of sp³-hybridized carbons (Fsp3) is 0.579. The van der Waals surface area contributed by atoms with Crippen molar-refractivity contribution >= 4 is 24.2 Å². The summed E-state index contributed by atoms with van der Waals surface area (Å²) in [5, 5.41) is 5.67. The Labute approximate surface area is 161 Å². The number of carbonyl (C=O) groups is 2. The maximum Gasteiger partial charge on any atom is 0.251 e. The smallest absolute Gasteiger partial charge is 0.251 e. The average Bonchev–Trinajstić information content (AvgIpc) is 2.59. The van der Waals surface area contributed by atoms with E-state index in [9.17, 15) is 9.59 Å². The Hall–Kier alpha value is -1.63. The van der Waals surface area contributed by atoms with Crippen molar-refractivity contribution in [2.75, 3.05) is 13.2 Å². The van der Waals surface area contributed by atoms with Gasteiger partial charge in [-0.25, -0.2) is 0 Å². The molecule has 0 bridgehead atoms. The van der Waals surface area contributed by atoms with E-state index in [-0.39, 0.29) is 30.3 Å². The van der Waals surface area contributed by atoms with Crippen molar-refractivity contribution in [1.29, 1.82) is 0 Å². The summed E-state index contributed by atoms with van der Waals surface area (Å²) in [4.78, 5) is 24.5. The van der Waals surface area contributed by atoms with Crippen LogP contribution in [0, 0.1) is 5.41 Å². The number of hydrogen-bond donors (Lipinski definition) is 3. The van der Waals surface area contributed by atoms with Gasteiger partial charge in [0, 0.05) is 37.1 Å². The molecule has 2 rings (SSSR count). The Bertz CT molecular complexity index is 651. The molecule has 2 unspecified atom stereocenters. The van der Waals surface area contributed by atoms with Crippen LogP contribution in [0.15, 0.2) is 24.3 Å². The summed E-state index contributed by atoms with van der Waals surface area (Å²) in [5.41, 5.74) is 6.45. The number of carbonyl (C=O) groups excluding carboxylic acids is 2. The lowest BCUT2D eigenvalue weighted by Crippen LogP contribution is -2.75. The van der Waals surface area contributed by atoms with E-state index in [0.29, 0.717) is 31.7 Å². The van der Waals surface area contributed by atoms with Crippen molar-refractivity contribution in [2.24, 2.45) is 11.1 Å². The molecule has 1 aromatic rings. The standard InChI is InChI=1S/C19H29N3O3.ClH/c1-5-21-16(23)14-9-7-8-13(10-14)12-22-17(24)19(20)11-15(25-6-2)18(19,3)4;/h7-10,15H,5-6,11-12,20H2,1-4H3,(H,21,23)(H,22,24);1H. The van der Waals surface area contributed by atoms with E-state index in [2.05, 4.69) is 10.6 Å². The average molecular weight is 384 g/mol. The van der Waals surface area contributed by atoms with Crippen molar-refractivity contribution in [3.8, 4) is 0 Å². The molecule has 1 saturated carbocycles. The third kappa shape index (κ3) is 4.19. The van der Waals surface area contributed by atoms with E-state index in [0.717, 1.165) is 5.56 Å². The zero-order valence-corrected chi connectivity index (χ0v) is 16.7. The van der Waals surface area contributed by atoms with Crippen LogP contribution < -0.4 is 16.4 Å². The number of ether oxygens (including phenoxy) is 1. The van der Waals surface area contributed by atoms with Crippen molar-refractivity contribution in [1.82, 2.24) is 10.6 Å². The predicted octanol–water partition coefficient (Wildman–Crippen LogP) is 2.01. The summed E-state index contributed by atoms with van der Waals surface area (Å²) in [7, 11) is 0. The van der Waals surface area contributed by atoms with Crippen LogP contribution in [0.5, 0.6) is 0 Å². The van der Waals surface area contributed by atoms with Crippen LogP contribution in [-0.4, -0.2) is 36.6 Å². The molecule has 1 aliphatic carbocycles. The minimum absolute atomic E-state index is 0. The third-order valence-corrected chi connectivity index (χ3v) is 5.21. The Morgan fingerprint density at radius 1 is 1.27 bits per heavy atom. The van der Waals surface area contributed by atoms with E-state index >= 15 is 0 Å². The van der Waals surface area contributed by atoms with E-state index in [1.54, 1.807) is 12.1 Å². The number of halogens is 1. The first-order valence-corrected chi connectivity index (χ1v) is 8.82. The van der Waals surface area contributed by atoms with Gasteiger partial charge < -0.3 is 21.1 Å². The molecule has 0 aliphatic heterocycles. The molecule has 4 N–H and O–H groups in total. The third-order valence-electron chi connectivity index (χ3n) is 5.21. The van der Waals surface area contributed by atoms with E-state index in [4.69, 9.17) is 10.5 Å². The number of hydrogen-bond acceptors (Lipinski definition) is 4. The molecule has 6 nitrogen and oxygen atoms in total. The maximum atomic E-state index is 12.6. The van der Waals surface area contributed by atoms with Crippen LogP contribution in [0.1, 0.15) is 50.0 Å². The maximum absolute atomic E-state index is 12.6. The van der Waals surface area contributed by atoms with Crippen LogP contribution in [0.3, 0.4) is 0 Å². The Morgan fingerprint density at radius 2 is 1.96 bits per heavy atom. The molecule has 1 fully saturated rings. The molecule has 1 aromatic carbocycles. The van der Waals surface area contributed by atoms with E-state index in [1.165, 1.54) is 0 Å². The molecule has 0 aromatic heterocycles. The Morgan fingerprint density at radius 3 is 2.54 bits per heavy atom. The van der Waals surface area contributed by atoms with Crippen LogP contribution in [-0.2, 0) is 16.1 Å². The largest absolute Gasteiger partial charge is 0.378 e. The summed E-state index contributed by atoms with van der Waals surface area (Å²) in [5.74, 6) is -0.303. The van der Waals surface area contributed by atoms with Crippen LogP contribution in [0.4, 0.5) is 0 Å². The van der Waals surface area contributed by atoms with Crippen molar-refractivity contribution in [3.63, 3.8) is 0 Å². The first-order valence-electron chi connectivity index (χ1n) is 8.82. The molecule has 1 aliphatic rings. The number of amides is 2. The number of rotatable bonds is 7. The molecule has 0 spiro atoms. The lowest BCUT2D eigenvalue weighted by molar-refractivity contribution is -0.170. The summed E-state index contributed by atoms with van der Waals surface area (Å²) in [6.45, 7) is 9.26. The quantitative estimate of drug-likeness (QED) is 0.671. The van der Waals surface area contributed by atoms with Crippen LogP contribution >= 0.6 is 12.4 Å². The Kier molecular flexibility index (Phi) is 7.62. The van der Waals surface area contributed by atoms with Gasteiger partial charge in [-0.1, -0.05) is 26.0 Å². The van der Waals surface area contributed by atoms with Gasteiger partial charge in [-0.05, 0) is 31.5 Å². The lowest BCUT2D eigenvalue weighted by atomic mass is 9.54.